The normalized spacial score (nSPS) is 21.5. The van der Waals surface area contributed by atoms with Crippen LogP contribution in [0.2, 0.25) is 0 Å². The van der Waals surface area contributed by atoms with Gasteiger partial charge in [-0.05, 0) is 6.54 Å². The smallest absolute Gasteiger partial charge is 0.183 e. The van der Waals surface area contributed by atoms with Crippen molar-refractivity contribution in [3.05, 3.63) is 18.1 Å². The van der Waals surface area contributed by atoms with Gasteiger partial charge >= 0.3 is 0 Å². The van der Waals surface area contributed by atoms with Gasteiger partial charge < -0.3 is 9.80 Å². The predicted molar refractivity (Wildman–Crippen MR) is 76.4 cm³/mol. The molecule has 0 aliphatic carbocycles. The Morgan fingerprint density at radius 3 is 2.55 bits per heavy atom. The summed E-state index contributed by atoms with van der Waals surface area (Å²) in [4.78, 5) is 15.6. The van der Waals surface area contributed by atoms with Crippen LogP contribution in [0.1, 0.15) is 12.6 Å². The number of likely N-dealkylation sites (N-methyl/N-ethyl adjacent to an activating group) is 1. The lowest BCUT2D eigenvalue weighted by atomic mass is 10.1. The molecule has 6 nitrogen and oxygen atoms in total. The third-order valence-electron chi connectivity index (χ3n) is 4.32. The molecule has 0 N–H and O–H groups in total. The fourth-order valence-electron chi connectivity index (χ4n) is 2.94. The molecule has 2 aliphatic heterocycles. The van der Waals surface area contributed by atoms with E-state index in [9.17, 15) is 0 Å². The van der Waals surface area contributed by atoms with Gasteiger partial charge in [-0.25, -0.2) is 9.97 Å². The zero-order chi connectivity index (χ0) is 13.9. The van der Waals surface area contributed by atoms with E-state index in [0.29, 0.717) is 11.7 Å². The Kier molecular flexibility index (Phi) is 3.81. The Balaban J connectivity index is 1.55. The van der Waals surface area contributed by atoms with Crippen LogP contribution in [-0.2, 0) is 0 Å². The molecular formula is C14H20N6. The molecule has 106 valence electrons. The second kappa shape index (κ2) is 5.73. The highest BCUT2D eigenvalue weighted by molar-refractivity contribution is 5.51. The molecule has 0 aromatic carbocycles. The monoisotopic (exact) mass is 272 g/mol. The summed E-state index contributed by atoms with van der Waals surface area (Å²) in [6, 6.07) is 2.72. The van der Waals surface area contributed by atoms with Gasteiger partial charge in [-0.15, -0.1) is 0 Å². The molecule has 0 radical (unpaired) electrons. The lowest BCUT2D eigenvalue weighted by Crippen LogP contribution is -2.63. The summed E-state index contributed by atoms with van der Waals surface area (Å²) in [6.07, 6.45) is 3.23. The van der Waals surface area contributed by atoms with E-state index in [0.717, 1.165) is 38.5 Å². The molecule has 0 spiro atoms. The minimum atomic E-state index is 0.432. The molecular weight excluding hydrogens is 252 g/mol. The average Bonchev–Trinajstić information content (AvgIpc) is 2.47. The maximum absolute atomic E-state index is 9.06. The van der Waals surface area contributed by atoms with Crippen LogP contribution in [-0.4, -0.2) is 71.6 Å². The number of hydrogen-bond acceptors (Lipinski definition) is 6. The average molecular weight is 272 g/mol. The largest absolute Gasteiger partial charge is 0.351 e. The van der Waals surface area contributed by atoms with Gasteiger partial charge in [-0.2, -0.15) is 5.26 Å². The molecule has 0 atom stereocenters. The second-order valence-corrected chi connectivity index (χ2v) is 5.37. The first kappa shape index (κ1) is 13.3. The number of aromatic nitrogens is 2. The molecule has 0 unspecified atom stereocenters. The highest BCUT2D eigenvalue weighted by Crippen LogP contribution is 2.24. The highest BCUT2D eigenvalue weighted by Gasteiger charge is 2.35. The maximum atomic E-state index is 9.06. The number of nitrogens with zero attached hydrogens (tertiary/aromatic N) is 6. The maximum Gasteiger partial charge on any atom is 0.183 e. The zero-order valence-corrected chi connectivity index (χ0v) is 11.9. The van der Waals surface area contributed by atoms with Crippen molar-refractivity contribution in [2.75, 3.05) is 50.7 Å². The van der Waals surface area contributed by atoms with Gasteiger partial charge in [0.1, 0.15) is 6.07 Å². The lowest BCUT2D eigenvalue weighted by Gasteiger charge is -2.48. The van der Waals surface area contributed by atoms with E-state index < -0.39 is 0 Å². The summed E-state index contributed by atoms with van der Waals surface area (Å²) < 4.78 is 0. The summed E-state index contributed by atoms with van der Waals surface area (Å²) in [6.45, 7) is 9.92. The van der Waals surface area contributed by atoms with E-state index >= 15 is 0 Å². The summed E-state index contributed by atoms with van der Waals surface area (Å²) >= 11 is 0. The van der Waals surface area contributed by atoms with Crippen LogP contribution in [0.3, 0.4) is 0 Å². The molecule has 1 aromatic rings. The summed E-state index contributed by atoms with van der Waals surface area (Å²) in [7, 11) is 0. The predicted octanol–water partition coefficient (Wildman–Crippen LogP) is 0.174. The van der Waals surface area contributed by atoms with E-state index in [2.05, 4.69) is 37.7 Å². The Labute approximate surface area is 119 Å². The van der Waals surface area contributed by atoms with E-state index in [1.807, 2.05) is 0 Å². The van der Waals surface area contributed by atoms with Crippen molar-refractivity contribution in [1.29, 1.82) is 5.26 Å². The molecule has 20 heavy (non-hydrogen) atoms. The first-order chi connectivity index (χ1) is 9.81. The Morgan fingerprint density at radius 2 is 1.90 bits per heavy atom. The zero-order valence-electron chi connectivity index (χ0n) is 11.9. The van der Waals surface area contributed by atoms with Gasteiger partial charge in [-0.3, -0.25) is 4.90 Å². The van der Waals surface area contributed by atoms with Crippen molar-refractivity contribution >= 4 is 5.82 Å². The van der Waals surface area contributed by atoms with Crippen LogP contribution in [0.5, 0.6) is 0 Å². The molecule has 3 heterocycles. The molecule has 3 rings (SSSR count). The van der Waals surface area contributed by atoms with E-state index in [1.165, 1.54) is 13.1 Å². The molecule has 0 saturated carbocycles. The van der Waals surface area contributed by atoms with Crippen molar-refractivity contribution in [2.45, 2.75) is 13.0 Å². The van der Waals surface area contributed by atoms with E-state index in [-0.39, 0.29) is 0 Å². The third kappa shape index (κ3) is 2.47. The van der Waals surface area contributed by atoms with Crippen LogP contribution in [0, 0.1) is 11.3 Å². The van der Waals surface area contributed by atoms with Gasteiger partial charge in [0, 0.05) is 57.7 Å². The number of anilines is 1. The van der Waals surface area contributed by atoms with E-state index in [4.69, 9.17) is 5.26 Å². The Morgan fingerprint density at radius 1 is 1.20 bits per heavy atom. The standard InChI is InChI=1S/C14H20N6/c1-2-18-5-7-19(8-6-18)12-10-20(11-12)14-13(9-15)16-3-4-17-14/h3-4,12H,2,5-8,10-11H2,1H3. The van der Waals surface area contributed by atoms with Crippen molar-refractivity contribution in [1.82, 2.24) is 19.8 Å². The van der Waals surface area contributed by atoms with Crippen LogP contribution in [0.25, 0.3) is 0 Å². The van der Waals surface area contributed by atoms with Crippen LogP contribution < -0.4 is 4.90 Å². The fraction of sp³-hybridized carbons (Fsp3) is 0.643. The SMILES string of the molecule is CCN1CCN(C2CN(c3nccnc3C#N)C2)CC1. The van der Waals surface area contributed by atoms with Crippen molar-refractivity contribution in [3.8, 4) is 6.07 Å². The van der Waals surface area contributed by atoms with Gasteiger partial charge in [0.2, 0.25) is 0 Å². The first-order valence-electron chi connectivity index (χ1n) is 7.24. The number of rotatable bonds is 3. The molecule has 0 bridgehead atoms. The van der Waals surface area contributed by atoms with E-state index in [1.54, 1.807) is 12.4 Å². The van der Waals surface area contributed by atoms with Gasteiger partial charge in [0.25, 0.3) is 0 Å². The number of nitriles is 1. The third-order valence-corrected chi connectivity index (χ3v) is 4.32. The van der Waals surface area contributed by atoms with Crippen molar-refractivity contribution < 1.29 is 0 Å². The van der Waals surface area contributed by atoms with Crippen LogP contribution in [0.15, 0.2) is 12.4 Å². The molecule has 0 amide bonds. The molecule has 2 fully saturated rings. The lowest BCUT2D eigenvalue weighted by molar-refractivity contribution is 0.0858. The summed E-state index contributed by atoms with van der Waals surface area (Å²) in [5, 5.41) is 9.06. The first-order valence-corrected chi connectivity index (χ1v) is 7.24. The van der Waals surface area contributed by atoms with Gasteiger partial charge in [0.15, 0.2) is 11.5 Å². The van der Waals surface area contributed by atoms with Crippen LogP contribution in [0.4, 0.5) is 5.82 Å². The second-order valence-electron chi connectivity index (χ2n) is 5.37. The molecule has 2 aliphatic rings. The summed E-state index contributed by atoms with van der Waals surface area (Å²) in [5.74, 6) is 0.735. The molecule has 6 heteroatoms. The summed E-state index contributed by atoms with van der Waals surface area (Å²) in [5.41, 5.74) is 0.432. The minimum Gasteiger partial charge on any atom is -0.351 e. The number of piperazine rings is 1. The van der Waals surface area contributed by atoms with Gasteiger partial charge in [0.05, 0.1) is 0 Å². The topological polar surface area (TPSA) is 59.3 Å². The minimum absolute atomic E-state index is 0.432. The Bertz CT molecular complexity index is 497. The fourth-order valence-corrected chi connectivity index (χ4v) is 2.94. The van der Waals surface area contributed by atoms with Crippen molar-refractivity contribution in [3.63, 3.8) is 0 Å². The van der Waals surface area contributed by atoms with Gasteiger partial charge in [-0.1, -0.05) is 6.92 Å². The number of hydrogen-bond donors (Lipinski definition) is 0. The molecule has 2 saturated heterocycles. The highest BCUT2D eigenvalue weighted by atomic mass is 15.4. The van der Waals surface area contributed by atoms with Crippen molar-refractivity contribution in [2.24, 2.45) is 0 Å². The Hall–Kier alpha value is -1.71. The molecule has 1 aromatic heterocycles. The van der Waals surface area contributed by atoms with Crippen LogP contribution >= 0.6 is 0 Å². The quantitative estimate of drug-likeness (QED) is 0.782.